The highest BCUT2D eigenvalue weighted by atomic mass is 16.5. The summed E-state index contributed by atoms with van der Waals surface area (Å²) in [5, 5.41) is 10.9. The van der Waals surface area contributed by atoms with Gasteiger partial charge in [-0.05, 0) is 48.4 Å². The van der Waals surface area contributed by atoms with Gasteiger partial charge in [-0.25, -0.2) is 0 Å². The number of amides is 1. The minimum atomic E-state index is -0.661. The molecule has 1 aliphatic heterocycles. The summed E-state index contributed by atoms with van der Waals surface area (Å²) in [5.74, 6) is -0.775. The number of unbranched alkanes of at least 4 members (excludes halogenated alkanes) is 2. The number of benzene rings is 1. The Hall–Kier alpha value is -3.15. The summed E-state index contributed by atoms with van der Waals surface area (Å²) >= 11 is 0. The SMILES string of the molecule is CCCCCN1C(=O)C(=O)/C(=C(\O)c2ccc(OC)cc2)C1c1ccncc1. The van der Waals surface area contributed by atoms with Gasteiger partial charge in [0, 0.05) is 24.5 Å². The van der Waals surface area contributed by atoms with Gasteiger partial charge in [-0.2, -0.15) is 0 Å². The van der Waals surface area contributed by atoms with Crippen molar-refractivity contribution >= 4 is 17.4 Å². The summed E-state index contributed by atoms with van der Waals surface area (Å²) < 4.78 is 5.14. The number of aliphatic hydroxyl groups is 1. The van der Waals surface area contributed by atoms with Crippen molar-refractivity contribution in [3.8, 4) is 5.75 Å². The number of hydrogen-bond acceptors (Lipinski definition) is 5. The number of Topliss-reactive ketones (excluding diaryl/α,β-unsaturated/α-hetero) is 1. The number of ketones is 1. The summed E-state index contributed by atoms with van der Waals surface area (Å²) in [6.45, 7) is 2.54. The molecule has 0 aliphatic carbocycles. The number of ether oxygens (including phenoxy) is 1. The number of aliphatic hydroxyl groups excluding tert-OH is 1. The Morgan fingerprint density at radius 3 is 2.39 bits per heavy atom. The van der Waals surface area contributed by atoms with E-state index in [0.29, 0.717) is 17.9 Å². The number of carbonyl (C=O) groups is 2. The van der Waals surface area contributed by atoms with Crippen LogP contribution in [-0.4, -0.2) is 40.3 Å². The minimum Gasteiger partial charge on any atom is -0.507 e. The Morgan fingerprint density at radius 2 is 1.79 bits per heavy atom. The normalized spacial score (nSPS) is 18.5. The minimum absolute atomic E-state index is 0.109. The van der Waals surface area contributed by atoms with E-state index in [2.05, 4.69) is 11.9 Å². The van der Waals surface area contributed by atoms with Crippen LogP contribution in [0.2, 0.25) is 0 Å². The Balaban J connectivity index is 2.07. The van der Waals surface area contributed by atoms with Crippen molar-refractivity contribution in [2.24, 2.45) is 0 Å². The monoisotopic (exact) mass is 380 g/mol. The molecule has 6 heteroatoms. The molecule has 0 spiro atoms. The van der Waals surface area contributed by atoms with Crippen LogP contribution in [-0.2, 0) is 9.59 Å². The van der Waals surface area contributed by atoms with Gasteiger partial charge in [0.05, 0.1) is 18.7 Å². The van der Waals surface area contributed by atoms with Crippen LogP contribution in [0.1, 0.15) is 43.4 Å². The van der Waals surface area contributed by atoms with Crippen molar-refractivity contribution < 1.29 is 19.4 Å². The predicted molar refractivity (Wildman–Crippen MR) is 106 cm³/mol. The molecule has 1 aromatic carbocycles. The lowest BCUT2D eigenvalue weighted by molar-refractivity contribution is -0.139. The molecule has 1 saturated heterocycles. The number of likely N-dealkylation sites (tertiary alicyclic amines) is 1. The third-order valence-electron chi connectivity index (χ3n) is 4.93. The Labute approximate surface area is 164 Å². The van der Waals surface area contributed by atoms with E-state index in [9.17, 15) is 14.7 Å². The Bertz CT molecular complexity index is 875. The van der Waals surface area contributed by atoms with Gasteiger partial charge >= 0.3 is 0 Å². The first kappa shape index (κ1) is 19.6. The van der Waals surface area contributed by atoms with Crippen molar-refractivity contribution in [2.45, 2.75) is 32.2 Å². The fourth-order valence-corrected chi connectivity index (χ4v) is 3.44. The van der Waals surface area contributed by atoms with Crippen LogP contribution in [0.4, 0.5) is 0 Å². The Morgan fingerprint density at radius 1 is 1.11 bits per heavy atom. The lowest BCUT2D eigenvalue weighted by atomic mass is 9.96. The molecule has 0 bridgehead atoms. The fraction of sp³-hybridized carbons (Fsp3) is 0.318. The van der Waals surface area contributed by atoms with E-state index >= 15 is 0 Å². The molecular formula is C22H24N2O4. The maximum absolute atomic E-state index is 12.8. The van der Waals surface area contributed by atoms with Gasteiger partial charge in [0.1, 0.15) is 11.5 Å². The highest BCUT2D eigenvalue weighted by Crippen LogP contribution is 2.39. The van der Waals surface area contributed by atoms with E-state index in [0.717, 1.165) is 24.8 Å². The van der Waals surface area contributed by atoms with Crippen LogP contribution in [0.25, 0.3) is 5.76 Å². The molecule has 0 radical (unpaired) electrons. The molecule has 146 valence electrons. The third-order valence-corrected chi connectivity index (χ3v) is 4.93. The smallest absolute Gasteiger partial charge is 0.295 e. The summed E-state index contributed by atoms with van der Waals surface area (Å²) in [7, 11) is 1.56. The number of aromatic nitrogens is 1. The third kappa shape index (κ3) is 3.76. The maximum Gasteiger partial charge on any atom is 0.295 e. The van der Waals surface area contributed by atoms with Crippen LogP contribution in [0.15, 0.2) is 54.4 Å². The number of rotatable bonds is 7. The van der Waals surface area contributed by atoms with E-state index < -0.39 is 17.7 Å². The molecule has 1 unspecified atom stereocenters. The molecule has 0 saturated carbocycles. The first-order chi connectivity index (χ1) is 13.6. The van der Waals surface area contributed by atoms with E-state index in [-0.39, 0.29) is 11.3 Å². The van der Waals surface area contributed by atoms with Gasteiger partial charge in [-0.3, -0.25) is 14.6 Å². The molecule has 2 aromatic rings. The molecule has 3 rings (SSSR count). The van der Waals surface area contributed by atoms with Gasteiger partial charge < -0.3 is 14.7 Å². The zero-order chi connectivity index (χ0) is 20.1. The van der Waals surface area contributed by atoms with Crippen molar-refractivity contribution in [3.63, 3.8) is 0 Å². The fourth-order valence-electron chi connectivity index (χ4n) is 3.44. The molecule has 1 aliphatic rings. The number of nitrogens with zero attached hydrogens (tertiary/aromatic N) is 2. The molecule has 1 amide bonds. The summed E-state index contributed by atoms with van der Waals surface area (Å²) in [4.78, 5) is 31.1. The van der Waals surface area contributed by atoms with Crippen molar-refractivity contribution in [2.75, 3.05) is 13.7 Å². The van der Waals surface area contributed by atoms with Gasteiger partial charge in [-0.15, -0.1) is 0 Å². The summed E-state index contributed by atoms with van der Waals surface area (Å²) in [5.41, 5.74) is 1.32. The molecule has 1 atom stereocenters. The van der Waals surface area contributed by atoms with E-state index in [1.807, 2.05) is 0 Å². The van der Waals surface area contributed by atoms with Gasteiger partial charge in [0.2, 0.25) is 0 Å². The average molecular weight is 380 g/mol. The number of carbonyl (C=O) groups excluding carboxylic acids is 2. The van der Waals surface area contributed by atoms with E-state index in [1.54, 1.807) is 60.8 Å². The lowest BCUT2D eigenvalue weighted by Crippen LogP contribution is -2.30. The Kier molecular flexibility index (Phi) is 6.09. The quantitative estimate of drug-likeness (QED) is 0.343. The largest absolute Gasteiger partial charge is 0.507 e. The number of hydrogen-bond donors (Lipinski definition) is 1. The van der Waals surface area contributed by atoms with Crippen LogP contribution in [0, 0.1) is 0 Å². The molecule has 1 fully saturated rings. The molecule has 6 nitrogen and oxygen atoms in total. The standard InChI is InChI=1S/C22H24N2O4/c1-3-4-5-14-24-19(15-10-12-23-13-11-15)18(21(26)22(24)27)20(25)16-6-8-17(28-2)9-7-16/h6-13,19,25H,3-5,14H2,1-2H3/b20-18-. The predicted octanol–water partition coefficient (Wildman–Crippen LogP) is 3.70. The number of pyridine rings is 1. The molecular weight excluding hydrogens is 356 g/mol. The second-order valence-electron chi connectivity index (χ2n) is 6.71. The highest BCUT2D eigenvalue weighted by molar-refractivity contribution is 6.46. The molecule has 2 heterocycles. The van der Waals surface area contributed by atoms with E-state index in [1.165, 1.54) is 0 Å². The zero-order valence-electron chi connectivity index (χ0n) is 16.1. The first-order valence-corrected chi connectivity index (χ1v) is 9.41. The molecule has 1 aromatic heterocycles. The molecule has 28 heavy (non-hydrogen) atoms. The average Bonchev–Trinajstić information content (AvgIpc) is 2.99. The zero-order valence-corrected chi connectivity index (χ0v) is 16.1. The summed E-state index contributed by atoms with van der Waals surface area (Å²) in [6.07, 6.45) is 6.01. The highest BCUT2D eigenvalue weighted by Gasteiger charge is 2.45. The van der Waals surface area contributed by atoms with Gasteiger partial charge in [-0.1, -0.05) is 19.8 Å². The first-order valence-electron chi connectivity index (χ1n) is 9.41. The van der Waals surface area contributed by atoms with Crippen molar-refractivity contribution in [1.29, 1.82) is 0 Å². The topological polar surface area (TPSA) is 79.7 Å². The van der Waals surface area contributed by atoms with E-state index in [4.69, 9.17) is 4.74 Å². The van der Waals surface area contributed by atoms with Crippen LogP contribution >= 0.6 is 0 Å². The number of methoxy groups -OCH3 is 1. The summed E-state index contributed by atoms with van der Waals surface area (Å²) in [6, 6.07) is 9.66. The molecule has 1 N–H and O–H groups in total. The maximum atomic E-state index is 12.8. The lowest BCUT2D eigenvalue weighted by Gasteiger charge is -2.25. The van der Waals surface area contributed by atoms with Crippen LogP contribution < -0.4 is 4.74 Å². The van der Waals surface area contributed by atoms with Crippen LogP contribution in [0.3, 0.4) is 0 Å². The van der Waals surface area contributed by atoms with Crippen molar-refractivity contribution in [1.82, 2.24) is 9.88 Å². The van der Waals surface area contributed by atoms with Crippen molar-refractivity contribution in [3.05, 3.63) is 65.5 Å². The second kappa shape index (κ2) is 8.69. The van der Waals surface area contributed by atoms with Gasteiger partial charge in [0.25, 0.3) is 11.7 Å². The van der Waals surface area contributed by atoms with Crippen LogP contribution in [0.5, 0.6) is 5.75 Å². The second-order valence-corrected chi connectivity index (χ2v) is 6.71. The van der Waals surface area contributed by atoms with Gasteiger partial charge in [0.15, 0.2) is 0 Å².